The first-order chi connectivity index (χ1) is 9.56. The van der Waals surface area contributed by atoms with Crippen LogP contribution in [-0.2, 0) is 0 Å². The molecule has 0 aliphatic carbocycles. The van der Waals surface area contributed by atoms with Crippen molar-refractivity contribution in [1.29, 1.82) is 0 Å². The van der Waals surface area contributed by atoms with Crippen molar-refractivity contribution in [3.8, 4) is 5.75 Å². The SMILES string of the molecule is Nc1cccnc1C(=O)Nc1cccc(OC(F)F)c1. The minimum atomic E-state index is -2.92. The molecule has 1 aromatic heterocycles. The van der Waals surface area contributed by atoms with Crippen LogP contribution >= 0.6 is 0 Å². The molecule has 0 saturated heterocycles. The first kappa shape index (κ1) is 13.7. The van der Waals surface area contributed by atoms with Gasteiger partial charge in [0.1, 0.15) is 5.75 Å². The summed E-state index contributed by atoms with van der Waals surface area (Å²) in [4.78, 5) is 15.8. The second kappa shape index (κ2) is 5.96. The van der Waals surface area contributed by atoms with E-state index < -0.39 is 12.5 Å². The minimum absolute atomic E-state index is 0.0493. The molecule has 104 valence electrons. The molecule has 0 bridgehead atoms. The third kappa shape index (κ3) is 3.41. The summed E-state index contributed by atoms with van der Waals surface area (Å²) in [5.41, 5.74) is 6.22. The lowest BCUT2D eigenvalue weighted by Crippen LogP contribution is -2.15. The van der Waals surface area contributed by atoms with Crippen LogP contribution < -0.4 is 15.8 Å². The van der Waals surface area contributed by atoms with Crippen LogP contribution in [0.15, 0.2) is 42.6 Å². The molecule has 0 atom stereocenters. The number of nitrogen functional groups attached to an aromatic ring is 1. The number of hydrogen-bond donors (Lipinski definition) is 2. The summed E-state index contributed by atoms with van der Waals surface area (Å²) in [6.07, 6.45) is 1.43. The number of anilines is 2. The van der Waals surface area contributed by atoms with Crippen molar-refractivity contribution in [3.05, 3.63) is 48.3 Å². The van der Waals surface area contributed by atoms with E-state index in [-0.39, 0.29) is 17.1 Å². The third-order valence-corrected chi connectivity index (χ3v) is 2.37. The summed E-state index contributed by atoms with van der Waals surface area (Å²) in [5.74, 6) is -0.580. The van der Waals surface area contributed by atoms with Gasteiger partial charge in [0.15, 0.2) is 5.69 Å². The van der Waals surface area contributed by atoms with Gasteiger partial charge in [0, 0.05) is 18.0 Å². The Morgan fingerprint density at radius 1 is 1.30 bits per heavy atom. The Kier molecular flexibility index (Phi) is 4.09. The molecule has 2 rings (SSSR count). The van der Waals surface area contributed by atoms with Gasteiger partial charge in [-0.2, -0.15) is 8.78 Å². The summed E-state index contributed by atoms with van der Waals surface area (Å²) in [7, 11) is 0. The van der Waals surface area contributed by atoms with Crippen molar-refractivity contribution in [2.24, 2.45) is 0 Å². The molecule has 0 radical (unpaired) electrons. The Morgan fingerprint density at radius 2 is 2.10 bits per heavy atom. The topological polar surface area (TPSA) is 77.2 Å². The number of pyridine rings is 1. The lowest BCUT2D eigenvalue weighted by Gasteiger charge is -2.09. The van der Waals surface area contributed by atoms with Gasteiger partial charge >= 0.3 is 6.61 Å². The first-order valence-electron chi connectivity index (χ1n) is 5.63. The van der Waals surface area contributed by atoms with Gasteiger partial charge in [-0.15, -0.1) is 0 Å². The van der Waals surface area contributed by atoms with Gasteiger partial charge in [0.2, 0.25) is 0 Å². The summed E-state index contributed by atoms with van der Waals surface area (Å²) >= 11 is 0. The molecule has 5 nitrogen and oxygen atoms in total. The summed E-state index contributed by atoms with van der Waals surface area (Å²) in [6.45, 7) is -2.92. The average molecular weight is 279 g/mol. The van der Waals surface area contributed by atoms with E-state index in [1.54, 1.807) is 6.07 Å². The second-order valence-electron chi connectivity index (χ2n) is 3.80. The van der Waals surface area contributed by atoms with Crippen molar-refractivity contribution < 1.29 is 18.3 Å². The highest BCUT2D eigenvalue weighted by Gasteiger charge is 2.12. The minimum Gasteiger partial charge on any atom is -0.435 e. The number of hydrogen-bond acceptors (Lipinski definition) is 4. The van der Waals surface area contributed by atoms with E-state index in [9.17, 15) is 13.6 Å². The number of amides is 1. The highest BCUT2D eigenvalue weighted by Crippen LogP contribution is 2.20. The van der Waals surface area contributed by atoms with Crippen molar-refractivity contribution in [1.82, 2.24) is 4.98 Å². The fourth-order valence-electron chi connectivity index (χ4n) is 1.55. The standard InChI is InChI=1S/C13H11F2N3O2/c14-13(15)20-9-4-1-3-8(7-9)18-12(19)11-10(16)5-2-6-17-11/h1-7,13H,16H2,(H,18,19). The van der Waals surface area contributed by atoms with Gasteiger partial charge in [-0.25, -0.2) is 4.98 Å². The number of halogens is 2. The van der Waals surface area contributed by atoms with Crippen LogP contribution in [0.3, 0.4) is 0 Å². The number of nitrogens with zero attached hydrogens (tertiary/aromatic N) is 1. The number of nitrogens with two attached hydrogens (primary N) is 1. The fourth-order valence-corrected chi connectivity index (χ4v) is 1.55. The zero-order valence-electron chi connectivity index (χ0n) is 10.2. The van der Waals surface area contributed by atoms with E-state index in [4.69, 9.17) is 5.73 Å². The molecule has 3 N–H and O–H groups in total. The van der Waals surface area contributed by atoms with Crippen molar-refractivity contribution in [2.75, 3.05) is 11.1 Å². The molecular formula is C13H11F2N3O2. The number of benzene rings is 1. The van der Waals surface area contributed by atoms with Crippen LogP contribution in [0.4, 0.5) is 20.2 Å². The predicted octanol–water partition coefficient (Wildman–Crippen LogP) is 2.52. The molecule has 20 heavy (non-hydrogen) atoms. The van der Waals surface area contributed by atoms with Gasteiger partial charge in [0.25, 0.3) is 5.91 Å². The Hall–Kier alpha value is -2.70. The van der Waals surface area contributed by atoms with Crippen molar-refractivity contribution in [2.45, 2.75) is 6.61 Å². The monoisotopic (exact) mass is 279 g/mol. The van der Waals surface area contributed by atoms with E-state index >= 15 is 0 Å². The number of nitrogens with one attached hydrogen (secondary N) is 1. The summed E-state index contributed by atoms with van der Waals surface area (Å²) in [6, 6.07) is 8.80. The summed E-state index contributed by atoms with van der Waals surface area (Å²) in [5, 5.41) is 2.51. The predicted molar refractivity (Wildman–Crippen MR) is 69.7 cm³/mol. The maximum absolute atomic E-state index is 12.1. The van der Waals surface area contributed by atoms with Crippen LogP contribution in [-0.4, -0.2) is 17.5 Å². The van der Waals surface area contributed by atoms with Crippen LogP contribution in [0.25, 0.3) is 0 Å². The molecule has 0 aliphatic rings. The molecule has 1 aromatic carbocycles. The first-order valence-corrected chi connectivity index (χ1v) is 5.63. The zero-order valence-corrected chi connectivity index (χ0v) is 10.2. The Balaban J connectivity index is 2.14. The number of rotatable bonds is 4. The van der Waals surface area contributed by atoms with Crippen LogP contribution in [0, 0.1) is 0 Å². The maximum Gasteiger partial charge on any atom is 0.387 e. The number of carbonyl (C=O) groups is 1. The lowest BCUT2D eigenvalue weighted by atomic mass is 10.2. The smallest absolute Gasteiger partial charge is 0.387 e. The normalized spacial score (nSPS) is 10.3. The van der Waals surface area contributed by atoms with Gasteiger partial charge in [-0.1, -0.05) is 6.07 Å². The summed E-state index contributed by atoms with van der Waals surface area (Å²) < 4.78 is 28.4. The van der Waals surface area contributed by atoms with Gasteiger partial charge < -0.3 is 15.8 Å². The van der Waals surface area contributed by atoms with Crippen LogP contribution in [0.2, 0.25) is 0 Å². The van der Waals surface area contributed by atoms with E-state index in [0.29, 0.717) is 5.69 Å². The third-order valence-electron chi connectivity index (χ3n) is 2.37. The van der Waals surface area contributed by atoms with Crippen LogP contribution in [0.1, 0.15) is 10.5 Å². The lowest BCUT2D eigenvalue weighted by molar-refractivity contribution is -0.0497. The Morgan fingerprint density at radius 3 is 2.80 bits per heavy atom. The van der Waals surface area contributed by atoms with Gasteiger partial charge in [0.05, 0.1) is 5.69 Å². The van der Waals surface area contributed by atoms with E-state index in [1.807, 2.05) is 0 Å². The number of carbonyl (C=O) groups excluding carboxylic acids is 1. The van der Waals surface area contributed by atoms with Crippen LogP contribution in [0.5, 0.6) is 5.75 Å². The highest BCUT2D eigenvalue weighted by atomic mass is 19.3. The molecule has 1 amide bonds. The van der Waals surface area contributed by atoms with Crippen molar-refractivity contribution >= 4 is 17.3 Å². The van der Waals surface area contributed by atoms with E-state index in [1.165, 1.54) is 36.5 Å². The number of ether oxygens (including phenoxy) is 1. The fraction of sp³-hybridized carbons (Fsp3) is 0.0769. The largest absolute Gasteiger partial charge is 0.435 e. The molecule has 7 heteroatoms. The molecule has 0 spiro atoms. The molecule has 0 unspecified atom stereocenters. The van der Waals surface area contributed by atoms with E-state index in [2.05, 4.69) is 15.0 Å². The second-order valence-corrected chi connectivity index (χ2v) is 3.80. The van der Waals surface area contributed by atoms with E-state index in [0.717, 1.165) is 0 Å². The average Bonchev–Trinajstić information content (AvgIpc) is 2.38. The Labute approximate surface area is 113 Å². The number of alkyl halides is 2. The molecule has 2 aromatic rings. The van der Waals surface area contributed by atoms with Crippen molar-refractivity contribution in [3.63, 3.8) is 0 Å². The molecular weight excluding hydrogens is 268 g/mol. The van der Waals surface area contributed by atoms with Gasteiger partial charge in [-0.05, 0) is 24.3 Å². The molecule has 0 fully saturated rings. The quantitative estimate of drug-likeness (QED) is 0.901. The highest BCUT2D eigenvalue weighted by molar-refractivity contribution is 6.06. The molecule has 0 aliphatic heterocycles. The Bertz CT molecular complexity index is 620. The van der Waals surface area contributed by atoms with Gasteiger partial charge in [-0.3, -0.25) is 4.79 Å². The number of aromatic nitrogens is 1. The maximum atomic E-state index is 12.1. The zero-order chi connectivity index (χ0) is 14.5. The molecule has 1 heterocycles. The molecule has 0 saturated carbocycles.